The number of nitrogens with one attached hydrogen (secondary N) is 1. The van der Waals surface area contributed by atoms with Gasteiger partial charge in [0.25, 0.3) is 5.91 Å². The van der Waals surface area contributed by atoms with Gasteiger partial charge >= 0.3 is 0 Å². The van der Waals surface area contributed by atoms with Crippen LogP contribution in [0.25, 0.3) is 0 Å². The van der Waals surface area contributed by atoms with Crippen LogP contribution in [0.1, 0.15) is 6.92 Å². The molecule has 0 saturated carbocycles. The first-order chi connectivity index (χ1) is 6.00. The molecular weight excluding hydrogens is 298 g/mol. The van der Waals surface area contributed by atoms with Crippen LogP contribution in [0, 0.1) is 0 Å². The van der Waals surface area contributed by atoms with Crippen LogP contribution in [0.15, 0.2) is 30.3 Å². The molecule has 0 fully saturated rings. The van der Waals surface area contributed by atoms with Crippen LogP contribution in [-0.2, 0) is 4.79 Å². The van der Waals surface area contributed by atoms with Crippen molar-refractivity contribution in [2.75, 3.05) is 5.32 Å². The lowest BCUT2D eigenvalue weighted by atomic mass is 10.3. The number of carbonyl (C=O) groups excluding carboxylic acids is 1. The Morgan fingerprint density at radius 3 is 2.31 bits per heavy atom. The standard InChI is InChI=1S/C9H9Br2NO/c1-9(10,11)8(13)12-7-5-3-2-4-6-7/h2-6H,1H3,(H,12,13). The SMILES string of the molecule is CC(Br)(Br)C(=O)Nc1ccccc1. The highest BCUT2D eigenvalue weighted by Crippen LogP contribution is 2.26. The van der Waals surface area contributed by atoms with Crippen LogP contribution < -0.4 is 5.32 Å². The lowest BCUT2D eigenvalue weighted by molar-refractivity contribution is -0.115. The molecule has 0 aromatic heterocycles. The third-order valence-electron chi connectivity index (χ3n) is 1.43. The molecule has 0 atom stereocenters. The maximum atomic E-state index is 11.4. The number of alkyl halides is 2. The van der Waals surface area contributed by atoms with Gasteiger partial charge in [-0.1, -0.05) is 50.1 Å². The molecule has 0 bridgehead atoms. The van der Waals surface area contributed by atoms with Crippen molar-refractivity contribution in [2.45, 2.75) is 10.2 Å². The third kappa shape index (κ3) is 3.48. The average Bonchev–Trinajstić information content (AvgIpc) is 2.04. The van der Waals surface area contributed by atoms with E-state index in [2.05, 4.69) is 37.2 Å². The summed E-state index contributed by atoms with van der Waals surface area (Å²) in [5, 5.41) is 2.75. The van der Waals surface area contributed by atoms with E-state index in [1.54, 1.807) is 6.92 Å². The van der Waals surface area contributed by atoms with E-state index in [9.17, 15) is 4.79 Å². The summed E-state index contributed by atoms with van der Waals surface area (Å²) >= 11 is 6.41. The van der Waals surface area contributed by atoms with E-state index in [0.29, 0.717) is 0 Å². The van der Waals surface area contributed by atoms with Gasteiger partial charge in [-0.3, -0.25) is 4.79 Å². The smallest absolute Gasteiger partial charge is 0.251 e. The van der Waals surface area contributed by atoms with E-state index < -0.39 is 3.23 Å². The molecule has 0 radical (unpaired) electrons. The van der Waals surface area contributed by atoms with E-state index in [0.717, 1.165) is 5.69 Å². The maximum Gasteiger partial charge on any atom is 0.251 e. The van der Waals surface area contributed by atoms with Crippen LogP contribution in [0.5, 0.6) is 0 Å². The number of para-hydroxylation sites is 1. The molecule has 0 heterocycles. The highest BCUT2D eigenvalue weighted by Gasteiger charge is 2.25. The van der Waals surface area contributed by atoms with Gasteiger partial charge in [-0.25, -0.2) is 0 Å². The van der Waals surface area contributed by atoms with Crippen LogP contribution in [0.4, 0.5) is 5.69 Å². The van der Waals surface area contributed by atoms with Crippen LogP contribution in [0.3, 0.4) is 0 Å². The van der Waals surface area contributed by atoms with Crippen molar-refractivity contribution in [3.05, 3.63) is 30.3 Å². The molecule has 1 rings (SSSR count). The third-order valence-corrected chi connectivity index (χ3v) is 2.15. The molecule has 0 unspecified atom stereocenters. The fourth-order valence-corrected chi connectivity index (χ4v) is 0.961. The normalized spacial score (nSPS) is 11.0. The number of rotatable bonds is 2. The molecule has 0 aliphatic rings. The van der Waals surface area contributed by atoms with Gasteiger partial charge in [0.15, 0.2) is 3.23 Å². The summed E-state index contributed by atoms with van der Waals surface area (Å²) in [6.45, 7) is 1.73. The summed E-state index contributed by atoms with van der Waals surface area (Å²) in [4.78, 5) is 11.4. The van der Waals surface area contributed by atoms with Crippen LogP contribution in [-0.4, -0.2) is 9.14 Å². The van der Waals surface area contributed by atoms with Crippen LogP contribution in [0.2, 0.25) is 0 Å². The minimum atomic E-state index is -0.712. The number of halogens is 2. The molecule has 4 heteroatoms. The Labute approximate surface area is 94.0 Å². The number of hydrogen-bond acceptors (Lipinski definition) is 1. The Kier molecular flexibility index (Phi) is 3.50. The van der Waals surface area contributed by atoms with Crippen molar-refractivity contribution < 1.29 is 4.79 Å². The molecule has 1 aromatic rings. The van der Waals surface area contributed by atoms with E-state index in [1.807, 2.05) is 30.3 Å². The Morgan fingerprint density at radius 1 is 1.31 bits per heavy atom. The van der Waals surface area contributed by atoms with Gasteiger partial charge in [0.2, 0.25) is 0 Å². The molecule has 0 spiro atoms. The minimum absolute atomic E-state index is 0.126. The first-order valence-electron chi connectivity index (χ1n) is 3.74. The largest absolute Gasteiger partial charge is 0.324 e. The molecule has 0 saturated heterocycles. The fraction of sp³-hybridized carbons (Fsp3) is 0.222. The van der Waals surface area contributed by atoms with Crippen molar-refractivity contribution in [1.29, 1.82) is 0 Å². The first kappa shape index (κ1) is 10.7. The number of amides is 1. The lowest BCUT2D eigenvalue weighted by Crippen LogP contribution is -2.28. The van der Waals surface area contributed by atoms with Crippen LogP contribution >= 0.6 is 31.9 Å². The van der Waals surface area contributed by atoms with Gasteiger partial charge < -0.3 is 5.32 Å². The molecule has 1 amide bonds. The molecule has 0 aliphatic carbocycles. The quantitative estimate of drug-likeness (QED) is 0.836. The monoisotopic (exact) mass is 305 g/mol. The Morgan fingerprint density at radius 2 is 1.85 bits per heavy atom. The summed E-state index contributed by atoms with van der Waals surface area (Å²) in [5.74, 6) is -0.126. The van der Waals surface area contributed by atoms with Crippen molar-refractivity contribution in [3.63, 3.8) is 0 Å². The maximum absolute atomic E-state index is 11.4. The number of benzene rings is 1. The summed E-state index contributed by atoms with van der Waals surface area (Å²) in [7, 11) is 0. The molecular formula is C9H9Br2NO. The number of carbonyl (C=O) groups is 1. The Hall–Kier alpha value is -0.350. The van der Waals surface area contributed by atoms with Gasteiger partial charge in [0.05, 0.1) is 0 Å². The highest BCUT2D eigenvalue weighted by molar-refractivity contribution is 9.25. The second-order valence-corrected chi connectivity index (χ2v) is 6.94. The van der Waals surface area contributed by atoms with Crippen molar-refractivity contribution >= 4 is 43.5 Å². The van der Waals surface area contributed by atoms with E-state index in [4.69, 9.17) is 0 Å². The van der Waals surface area contributed by atoms with Gasteiger partial charge in [-0.15, -0.1) is 0 Å². The lowest BCUT2D eigenvalue weighted by Gasteiger charge is -2.13. The predicted molar refractivity (Wildman–Crippen MR) is 61.3 cm³/mol. The second kappa shape index (κ2) is 4.24. The van der Waals surface area contributed by atoms with E-state index in [-0.39, 0.29) is 5.91 Å². The summed E-state index contributed by atoms with van der Waals surface area (Å²) in [5.41, 5.74) is 0.789. The zero-order chi connectivity index (χ0) is 9.90. The second-order valence-electron chi connectivity index (χ2n) is 2.71. The average molecular weight is 307 g/mol. The molecule has 1 aromatic carbocycles. The van der Waals surface area contributed by atoms with Crippen molar-refractivity contribution in [2.24, 2.45) is 0 Å². The number of anilines is 1. The zero-order valence-electron chi connectivity index (χ0n) is 7.05. The topological polar surface area (TPSA) is 29.1 Å². The highest BCUT2D eigenvalue weighted by atomic mass is 79.9. The summed E-state index contributed by atoms with van der Waals surface area (Å²) < 4.78 is -0.712. The summed E-state index contributed by atoms with van der Waals surface area (Å²) in [6, 6.07) is 9.31. The molecule has 2 nitrogen and oxygen atoms in total. The predicted octanol–water partition coefficient (Wildman–Crippen LogP) is 3.13. The van der Waals surface area contributed by atoms with Gasteiger partial charge in [-0.05, 0) is 19.1 Å². The van der Waals surface area contributed by atoms with Gasteiger partial charge in [0.1, 0.15) is 0 Å². The molecule has 70 valence electrons. The van der Waals surface area contributed by atoms with Gasteiger partial charge in [-0.2, -0.15) is 0 Å². The molecule has 13 heavy (non-hydrogen) atoms. The van der Waals surface area contributed by atoms with E-state index in [1.165, 1.54) is 0 Å². The summed E-state index contributed by atoms with van der Waals surface area (Å²) in [6.07, 6.45) is 0. The van der Waals surface area contributed by atoms with Crippen molar-refractivity contribution in [1.82, 2.24) is 0 Å². The Bertz CT molecular complexity index is 292. The first-order valence-corrected chi connectivity index (χ1v) is 5.33. The minimum Gasteiger partial charge on any atom is -0.324 e. The molecule has 1 N–H and O–H groups in total. The van der Waals surface area contributed by atoms with E-state index >= 15 is 0 Å². The molecule has 0 aliphatic heterocycles. The number of hydrogen-bond donors (Lipinski definition) is 1. The zero-order valence-corrected chi connectivity index (χ0v) is 10.2. The van der Waals surface area contributed by atoms with Gasteiger partial charge in [0, 0.05) is 5.69 Å². The Balaban J connectivity index is 2.66. The van der Waals surface area contributed by atoms with Crippen molar-refractivity contribution in [3.8, 4) is 0 Å². The fourth-order valence-electron chi connectivity index (χ4n) is 0.762.